The number of halogens is 1. The van der Waals surface area contributed by atoms with E-state index >= 15 is 0 Å². The highest BCUT2D eigenvalue weighted by atomic mass is 35.5. The van der Waals surface area contributed by atoms with Crippen molar-refractivity contribution in [2.45, 2.75) is 30.4 Å². The number of piperidine rings is 1. The lowest BCUT2D eigenvalue weighted by atomic mass is 9.96. The van der Waals surface area contributed by atoms with Gasteiger partial charge in [-0.2, -0.15) is 4.31 Å². The van der Waals surface area contributed by atoms with Crippen molar-refractivity contribution >= 4 is 38.9 Å². The average Bonchev–Trinajstić information content (AvgIpc) is 2.70. The summed E-state index contributed by atoms with van der Waals surface area (Å²) < 4.78 is 27.1. The van der Waals surface area contributed by atoms with Crippen LogP contribution in [0, 0.1) is 12.8 Å². The van der Waals surface area contributed by atoms with Crippen LogP contribution in [0.4, 0.5) is 0 Å². The summed E-state index contributed by atoms with van der Waals surface area (Å²) in [6, 6.07) is 1.57. The van der Waals surface area contributed by atoms with Gasteiger partial charge >= 0.3 is 5.97 Å². The minimum absolute atomic E-state index is 0.0102. The first-order valence-corrected chi connectivity index (χ1v) is 8.92. The Morgan fingerprint density at radius 1 is 1.60 bits per heavy atom. The highest BCUT2D eigenvalue weighted by molar-refractivity contribution is 7.91. The number of aliphatic carboxylic acids is 1. The molecule has 0 aromatic carbocycles. The smallest absolute Gasteiger partial charge is 0.303 e. The van der Waals surface area contributed by atoms with Gasteiger partial charge in [-0.05, 0) is 37.3 Å². The number of nitrogens with zero attached hydrogens (tertiary/aromatic N) is 1. The summed E-state index contributed by atoms with van der Waals surface area (Å²) in [5.41, 5.74) is 0.745. The molecular formula is C12H16ClNO4S2. The first-order valence-electron chi connectivity index (χ1n) is 6.28. The SMILES string of the molecule is Cc1cc(S(=O)(=O)N2CCCC(CC(=O)O)C2)sc1Cl. The van der Waals surface area contributed by atoms with Crippen LogP contribution < -0.4 is 0 Å². The topological polar surface area (TPSA) is 74.7 Å². The van der Waals surface area contributed by atoms with E-state index in [-0.39, 0.29) is 23.1 Å². The Morgan fingerprint density at radius 3 is 2.85 bits per heavy atom. The van der Waals surface area contributed by atoms with Crippen LogP contribution in [-0.2, 0) is 14.8 Å². The summed E-state index contributed by atoms with van der Waals surface area (Å²) >= 11 is 6.98. The van der Waals surface area contributed by atoms with Gasteiger partial charge < -0.3 is 5.11 Å². The molecule has 1 saturated heterocycles. The fraction of sp³-hybridized carbons (Fsp3) is 0.583. The molecule has 1 fully saturated rings. The fourth-order valence-corrected chi connectivity index (χ4v) is 5.76. The second-order valence-electron chi connectivity index (χ2n) is 4.99. The van der Waals surface area contributed by atoms with Gasteiger partial charge in [-0.3, -0.25) is 4.79 Å². The minimum atomic E-state index is -3.56. The van der Waals surface area contributed by atoms with Gasteiger partial charge in [-0.15, -0.1) is 11.3 Å². The van der Waals surface area contributed by atoms with E-state index in [4.69, 9.17) is 16.7 Å². The Hall–Kier alpha value is -0.630. The van der Waals surface area contributed by atoms with Crippen molar-refractivity contribution in [3.05, 3.63) is 16.0 Å². The van der Waals surface area contributed by atoms with Crippen molar-refractivity contribution in [2.75, 3.05) is 13.1 Å². The number of hydrogen-bond acceptors (Lipinski definition) is 4. The second-order valence-corrected chi connectivity index (χ2v) is 8.81. The summed E-state index contributed by atoms with van der Waals surface area (Å²) in [5.74, 6) is -1.00. The lowest BCUT2D eigenvalue weighted by molar-refractivity contribution is -0.138. The Bertz CT molecular complexity index is 591. The zero-order chi connectivity index (χ0) is 14.9. The van der Waals surface area contributed by atoms with Gasteiger partial charge in [0.15, 0.2) is 0 Å². The van der Waals surface area contributed by atoms with Crippen molar-refractivity contribution < 1.29 is 18.3 Å². The number of thiophene rings is 1. The fourth-order valence-electron chi connectivity index (χ4n) is 2.34. The third-order valence-electron chi connectivity index (χ3n) is 3.37. The number of rotatable bonds is 4. The summed E-state index contributed by atoms with van der Waals surface area (Å²) in [6.07, 6.45) is 1.45. The molecule has 1 aliphatic rings. The maximum Gasteiger partial charge on any atom is 0.303 e. The number of hydrogen-bond donors (Lipinski definition) is 1. The van der Waals surface area contributed by atoms with Crippen molar-refractivity contribution in [1.29, 1.82) is 0 Å². The molecule has 112 valence electrons. The van der Waals surface area contributed by atoms with E-state index in [1.807, 2.05) is 0 Å². The molecule has 1 atom stereocenters. The Labute approximate surface area is 127 Å². The molecule has 1 unspecified atom stereocenters. The molecule has 0 amide bonds. The molecule has 0 radical (unpaired) electrons. The minimum Gasteiger partial charge on any atom is -0.481 e. The standard InChI is InChI=1S/C12H16ClNO4S2/c1-8-5-11(19-12(8)13)20(17,18)14-4-2-3-9(7-14)6-10(15)16/h5,9H,2-4,6-7H2,1H3,(H,15,16). The zero-order valence-corrected chi connectivity index (χ0v) is 13.4. The Kier molecular flexibility index (Phi) is 4.73. The molecule has 0 bridgehead atoms. The molecule has 2 rings (SSSR count). The number of sulfonamides is 1. The van der Waals surface area contributed by atoms with Crippen LogP contribution in [-0.4, -0.2) is 36.9 Å². The second kappa shape index (κ2) is 6.01. The van der Waals surface area contributed by atoms with Crippen molar-refractivity contribution in [1.82, 2.24) is 4.31 Å². The van der Waals surface area contributed by atoms with Crippen LogP contribution in [0.3, 0.4) is 0 Å². The summed E-state index contributed by atoms with van der Waals surface area (Å²) in [5, 5.41) is 8.83. The predicted molar refractivity (Wildman–Crippen MR) is 77.8 cm³/mol. The van der Waals surface area contributed by atoms with Crippen molar-refractivity contribution in [3.63, 3.8) is 0 Å². The summed E-state index contributed by atoms with van der Waals surface area (Å²) in [6.45, 7) is 2.47. The van der Waals surface area contributed by atoms with Gasteiger partial charge in [0.05, 0.1) is 4.34 Å². The number of aryl methyl sites for hydroxylation is 1. The van der Waals surface area contributed by atoms with Gasteiger partial charge in [0.1, 0.15) is 4.21 Å². The van der Waals surface area contributed by atoms with Gasteiger partial charge in [0.2, 0.25) is 0 Å². The molecule has 1 aromatic rings. The Morgan fingerprint density at radius 2 is 2.30 bits per heavy atom. The van der Waals surface area contributed by atoms with Gasteiger partial charge in [-0.1, -0.05) is 11.6 Å². The zero-order valence-electron chi connectivity index (χ0n) is 11.0. The lowest BCUT2D eigenvalue weighted by Gasteiger charge is -2.30. The van der Waals surface area contributed by atoms with Crippen LogP contribution in [0.5, 0.6) is 0 Å². The number of carbonyl (C=O) groups is 1. The third-order valence-corrected chi connectivity index (χ3v) is 7.24. The average molecular weight is 338 g/mol. The molecular weight excluding hydrogens is 322 g/mol. The molecule has 1 N–H and O–H groups in total. The quantitative estimate of drug-likeness (QED) is 0.916. The largest absolute Gasteiger partial charge is 0.481 e. The third kappa shape index (κ3) is 3.33. The monoisotopic (exact) mass is 337 g/mol. The molecule has 0 saturated carbocycles. The summed E-state index contributed by atoms with van der Waals surface area (Å²) in [4.78, 5) is 10.8. The van der Waals surface area contributed by atoms with E-state index in [2.05, 4.69) is 0 Å². The van der Waals surface area contributed by atoms with Crippen LogP contribution >= 0.6 is 22.9 Å². The van der Waals surface area contributed by atoms with E-state index in [1.165, 1.54) is 4.31 Å². The van der Waals surface area contributed by atoms with Crippen LogP contribution in [0.25, 0.3) is 0 Å². The van der Waals surface area contributed by atoms with E-state index < -0.39 is 16.0 Å². The normalized spacial score (nSPS) is 21.0. The molecule has 8 heteroatoms. The molecule has 1 aliphatic heterocycles. The molecule has 0 aliphatic carbocycles. The lowest BCUT2D eigenvalue weighted by Crippen LogP contribution is -2.40. The summed E-state index contributed by atoms with van der Waals surface area (Å²) in [7, 11) is -3.56. The van der Waals surface area contributed by atoms with Crippen LogP contribution in [0.15, 0.2) is 10.3 Å². The number of carboxylic acid groups (broad SMARTS) is 1. The Balaban J connectivity index is 2.19. The highest BCUT2D eigenvalue weighted by Crippen LogP contribution is 2.33. The van der Waals surface area contributed by atoms with E-state index in [1.54, 1.807) is 13.0 Å². The number of carboxylic acids is 1. The highest BCUT2D eigenvalue weighted by Gasteiger charge is 2.32. The van der Waals surface area contributed by atoms with Crippen LogP contribution in [0.1, 0.15) is 24.8 Å². The van der Waals surface area contributed by atoms with Crippen LogP contribution in [0.2, 0.25) is 4.34 Å². The van der Waals surface area contributed by atoms with Crippen molar-refractivity contribution in [2.24, 2.45) is 5.92 Å². The molecule has 5 nitrogen and oxygen atoms in total. The molecule has 20 heavy (non-hydrogen) atoms. The van der Waals surface area contributed by atoms with Gasteiger partial charge in [0, 0.05) is 19.5 Å². The molecule has 2 heterocycles. The van der Waals surface area contributed by atoms with E-state index in [0.29, 0.717) is 17.3 Å². The van der Waals surface area contributed by atoms with Gasteiger partial charge in [0.25, 0.3) is 10.0 Å². The van der Waals surface area contributed by atoms with E-state index in [9.17, 15) is 13.2 Å². The first-order chi connectivity index (χ1) is 9.30. The first kappa shape index (κ1) is 15.8. The van der Waals surface area contributed by atoms with Crippen molar-refractivity contribution in [3.8, 4) is 0 Å². The predicted octanol–water partition coefficient (Wildman–Crippen LogP) is 2.59. The van der Waals surface area contributed by atoms with Gasteiger partial charge in [-0.25, -0.2) is 8.42 Å². The van der Waals surface area contributed by atoms with E-state index in [0.717, 1.165) is 23.3 Å². The molecule has 1 aromatic heterocycles. The molecule has 0 spiro atoms. The maximum atomic E-state index is 12.5. The maximum absolute atomic E-state index is 12.5.